The van der Waals surface area contributed by atoms with Crippen molar-refractivity contribution in [3.8, 4) is 11.5 Å². The number of aryl methyl sites for hydroxylation is 1. The minimum absolute atomic E-state index is 0.0572. The van der Waals surface area contributed by atoms with Crippen LogP contribution in [-0.4, -0.2) is 28.5 Å². The number of amides is 1. The third kappa shape index (κ3) is 5.72. The molecule has 3 aromatic rings. The number of benzene rings is 3. The fourth-order valence-electron chi connectivity index (χ4n) is 3.26. The molecule has 3 aromatic carbocycles. The van der Waals surface area contributed by atoms with Crippen LogP contribution in [0, 0.1) is 6.92 Å². The summed E-state index contributed by atoms with van der Waals surface area (Å²) in [5.74, 6) is 0.781. The topological polar surface area (TPSA) is 93.7 Å². The van der Waals surface area contributed by atoms with Crippen LogP contribution in [0.25, 0.3) is 0 Å². The number of methoxy groups -OCH3 is 2. The zero-order valence-corrected chi connectivity index (χ0v) is 19.5. The van der Waals surface area contributed by atoms with Gasteiger partial charge in [0.25, 0.3) is 15.9 Å². The van der Waals surface area contributed by atoms with Crippen molar-refractivity contribution in [1.29, 1.82) is 0 Å². The number of carbonyl (C=O) groups excluding carboxylic acids is 1. The van der Waals surface area contributed by atoms with Gasteiger partial charge >= 0.3 is 0 Å². The van der Waals surface area contributed by atoms with Crippen molar-refractivity contribution >= 4 is 27.3 Å². The number of rotatable bonds is 9. The first-order valence-electron chi connectivity index (χ1n) is 10.1. The van der Waals surface area contributed by atoms with Crippen molar-refractivity contribution in [2.45, 2.75) is 18.2 Å². The highest BCUT2D eigenvalue weighted by Crippen LogP contribution is 2.28. The largest absolute Gasteiger partial charge is 0.496 e. The Hall–Kier alpha value is -3.78. The van der Waals surface area contributed by atoms with E-state index in [2.05, 4.69) is 16.6 Å². The van der Waals surface area contributed by atoms with Crippen LogP contribution in [0.2, 0.25) is 0 Å². The molecule has 0 fully saturated rings. The van der Waals surface area contributed by atoms with Crippen molar-refractivity contribution in [3.63, 3.8) is 0 Å². The first-order valence-corrected chi connectivity index (χ1v) is 11.6. The number of sulfonamides is 1. The maximum atomic E-state index is 12.8. The SMILES string of the molecule is C=CCc1cc(C(=O)Nc2ccc(S(=O)(=O)Nc3cc(C)ccc3OC)cc2)ccc1OC. The van der Waals surface area contributed by atoms with Crippen LogP contribution in [-0.2, 0) is 16.4 Å². The molecule has 0 aliphatic heterocycles. The van der Waals surface area contributed by atoms with Crippen LogP contribution in [0.15, 0.2) is 78.2 Å². The van der Waals surface area contributed by atoms with Gasteiger partial charge in [-0.3, -0.25) is 9.52 Å². The maximum absolute atomic E-state index is 12.8. The highest BCUT2D eigenvalue weighted by molar-refractivity contribution is 7.92. The third-order valence-corrected chi connectivity index (χ3v) is 6.31. The second-order valence-electron chi connectivity index (χ2n) is 7.31. The van der Waals surface area contributed by atoms with Crippen LogP contribution < -0.4 is 19.5 Å². The fourth-order valence-corrected chi connectivity index (χ4v) is 4.32. The van der Waals surface area contributed by atoms with Gasteiger partial charge in [0.1, 0.15) is 11.5 Å². The lowest BCUT2D eigenvalue weighted by Crippen LogP contribution is -2.15. The van der Waals surface area contributed by atoms with Crippen molar-refractivity contribution in [2.75, 3.05) is 24.3 Å². The van der Waals surface area contributed by atoms with Gasteiger partial charge in [0.15, 0.2) is 0 Å². The van der Waals surface area contributed by atoms with Crippen molar-refractivity contribution in [3.05, 3.63) is 90.0 Å². The Balaban J connectivity index is 1.76. The lowest BCUT2D eigenvalue weighted by molar-refractivity contribution is 0.102. The number of anilines is 2. The minimum atomic E-state index is -3.85. The Morgan fingerprint density at radius 2 is 1.64 bits per heavy atom. The van der Waals surface area contributed by atoms with Crippen molar-refractivity contribution in [1.82, 2.24) is 0 Å². The summed E-state index contributed by atoms with van der Waals surface area (Å²) in [6.07, 6.45) is 2.30. The van der Waals surface area contributed by atoms with E-state index in [1.807, 2.05) is 13.0 Å². The quantitative estimate of drug-likeness (QED) is 0.442. The minimum Gasteiger partial charge on any atom is -0.496 e. The molecular formula is C25H26N2O5S. The van der Waals surface area contributed by atoms with E-state index in [1.165, 1.54) is 31.4 Å². The molecule has 2 N–H and O–H groups in total. The summed E-state index contributed by atoms with van der Waals surface area (Å²) in [6.45, 7) is 5.58. The Labute approximate surface area is 194 Å². The maximum Gasteiger partial charge on any atom is 0.262 e. The van der Waals surface area contributed by atoms with E-state index in [4.69, 9.17) is 9.47 Å². The highest BCUT2D eigenvalue weighted by atomic mass is 32.2. The zero-order chi connectivity index (χ0) is 24.0. The summed E-state index contributed by atoms with van der Waals surface area (Å²) < 4.78 is 38.7. The molecule has 0 bridgehead atoms. The number of nitrogens with one attached hydrogen (secondary N) is 2. The van der Waals surface area contributed by atoms with Crippen LogP contribution >= 0.6 is 0 Å². The predicted octanol–water partition coefficient (Wildman–Crippen LogP) is 4.79. The van der Waals surface area contributed by atoms with Gasteiger partial charge in [0.2, 0.25) is 0 Å². The Kier molecular flexibility index (Phi) is 7.40. The molecule has 1 amide bonds. The van der Waals surface area contributed by atoms with Crippen LogP contribution in [0.3, 0.4) is 0 Å². The molecule has 0 saturated heterocycles. The molecule has 0 saturated carbocycles. The molecule has 0 aromatic heterocycles. The van der Waals surface area contributed by atoms with E-state index >= 15 is 0 Å². The van der Waals surface area contributed by atoms with E-state index in [0.29, 0.717) is 34.9 Å². The summed E-state index contributed by atoms with van der Waals surface area (Å²) in [7, 11) is -0.800. The number of hydrogen-bond acceptors (Lipinski definition) is 5. The first kappa shape index (κ1) is 23.9. The van der Waals surface area contributed by atoms with Gasteiger partial charge in [0.05, 0.1) is 24.8 Å². The molecule has 0 atom stereocenters. The fraction of sp³-hybridized carbons (Fsp3) is 0.160. The molecule has 0 aliphatic carbocycles. The molecule has 0 spiro atoms. The molecular weight excluding hydrogens is 440 g/mol. The highest BCUT2D eigenvalue weighted by Gasteiger charge is 2.17. The average molecular weight is 467 g/mol. The Morgan fingerprint density at radius 3 is 2.27 bits per heavy atom. The normalized spacial score (nSPS) is 10.9. The standard InChI is InChI=1S/C25H26N2O5S/c1-5-6-18-16-19(8-14-23(18)31-3)25(28)26-20-9-11-21(12-10-20)33(29,30)27-22-15-17(2)7-13-24(22)32-4/h5,7-16,27H,1,6H2,2-4H3,(H,26,28). The molecule has 0 radical (unpaired) electrons. The smallest absolute Gasteiger partial charge is 0.262 e. The van der Waals surface area contributed by atoms with Gasteiger partial charge < -0.3 is 14.8 Å². The second kappa shape index (κ2) is 10.2. The van der Waals surface area contributed by atoms with Gasteiger partial charge in [0, 0.05) is 11.3 Å². The number of allylic oxidation sites excluding steroid dienone is 1. The lowest BCUT2D eigenvalue weighted by atomic mass is 10.1. The molecule has 3 rings (SSSR count). The molecule has 0 heterocycles. The van der Waals surface area contributed by atoms with Crippen LogP contribution in [0.4, 0.5) is 11.4 Å². The average Bonchev–Trinajstić information content (AvgIpc) is 2.79. The zero-order valence-electron chi connectivity index (χ0n) is 18.7. The summed E-state index contributed by atoms with van der Waals surface area (Å²) in [4.78, 5) is 12.7. The summed E-state index contributed by atoms with van der Waals surface area (Å²) >= 11 is 0. The van der Waals surface area contributed by atoms with E-state index in [1.54, 1.807) is 43.5 Å². The molecule has 7 nitrogen and oxygen atoms in total. The van der Waals surface area contributed by atoms with Crippen LogP contribution in [0.5, 0.6) is 11.5 Å². The van der Waals surface area contributed by atoms with E-state index < -0.39 is 10.0 Å². The van der Waals surface area contributed by atoms with E-state index in [0.717, 1.165) is 11.1 Å². The number of carbonyl (C=O) groups is 1. The third-order valence-electron chi connectivity index (χ3n) is 4.93. The van der Waals surface area contributed by atoms with Gasteiger partial charge in [-0.05, 0) is 79.1 Å². The first-order chi connectivity index (χ1) is 15.8. The number of ether oxygens (including phenoxy) is 2. The van der Waals surface area contributed by atoms with Crippen LogP contribution in [0.1, 0.15) is 21.5 Å². The van der Waals surface area contributed by atoms with E-state index in [9.17, 15) is 13.2 Å². The van der Waals surface area contributed by atoms with Crippen molar-refractivity contribution < 1.29 is 22.7 Å². The summed E-state index contributed by atoms with van der Waals surface area (Å²) in [5.41, 5.74) is 3.01. The van der Waals surface area contributed by atoms with Gasteiger partial charge in [-0.25, -0.2) is 8.42 Å². The van der Waals surface area contributed by atoms with Gasteiger partial charge in [-0.1, -0.05) is 12.1 Å². The lowest BCUT2D eigenvalue weighted by Gasteiger charge is -2.13. The Morgan fingerprint density at radius 1 is 0.970 bits per heavy atom. The molecule has 0 unspecified atom stereocenters. The van der Waals surface area contributed by atoms with Gasteiger partial charge in [-0.15, -0.1) is 6.58 Å². The molecule has 172 valence electrons. The van der Waals surface area contributed by atoms with Crippen molar-refractivity contribution in [2.24, 2.45) is 0 Å². The van der Waals surface area contributed by atoms with E-state index in [-0.39, 0.29) is 10.8 Å². The molecule has 33 heavy (non-hydrogen) atoms. The molecule has 8 heteroatoms. The number of hydrogen-bond donors (Lipinski definition) is 2. The Bertz CT molecular complexity index is 1270. The summed E-state index contributed by atoms with van der Waals surface area (Å²) in [6, 6.07) is 16.3. The molecule has 0 aliphatic rings. The predicted molar refractivity (Wildman–Crippen MR) is 130 cm³/mol. The second-order valence-corrected chi connectivity index (χ2v) is 8.99. The summed E-state index contributed by atoms with van der Waals surface area (Å²) in [5, 5.41) is 2.78. The van der Waals surface area contributed by atoms with Gasteiger partial charge in [-0.2, -0.15) is 0 Å². The monoisotopic (exact) mass is 466 g/mol.